The molecule has 0 nitrogen and oxygen atoms in total. The molecule has 5 aromatic rings. The summed E-state index contributed by atoms with van der Waals surface area (Å²) < 4.78 is 0. The van der Waals surface area contributed by atoms with Crippen molar-refractivity contribution in [3.8, 4) is 22.3 Å². The molecule has 0 aromatic heterocycles. The van der Waals surface area contributed by atoms with E-state index >= 15 is 0 Å². The van der Waals surface area contributed by atoms with Gasteiger partial charge in [-0.3, -0.25) is 0 Å². The number of rotatable bonds is 8. The van der Waals surface area contributed by atoms with Crippen molar-refractivity contribution < 1.29 is 0 Å². The van der Waals surface area contributed by atoms with E-state index in [1.165, 1.54) is 54.9 Å². The first kappa shape index (κ1) is 26.2. The highest BCUT2D eigenvalue weighted by molar-refractivity contribution is 6.21. The van der Waals surface area contributed by atoms with Gasteiger partial charge in [-0.15, -0.1) is 0 Å². The largest absolute Gasteiger partial charge is 0.0645 e. The second-order valence-corrected chi connectivity index (χ2v) is 11.5. The molecule has 0 N–H and O–H groups in total. The number of hydrogen-bond acceptors (Lipinski definition) is 0. The predicted molar refractivity (Wildman–Crippen MR) is 168 cm³/mol. The average molecular weight is 499 g/mol. The molecule has 0 heterocycles. The van der Waals surface area contributed by atoms with Crippen molar-refractivity contribution in [1.29, 1.82) is 0 Å². The summed E-state index contributed by atoms with van der Waals surface area (Å²) in [7, 11) is 0. The van der Waals surface area contributed by atoms with Crippen LogP contribution in [0.3, 0.4) is 0 Å². The first-order chi connectivity index (χ1) is 18.4. The Morgan fingerprint density at radius 3 is 1.08 bits per heavy atom. The molecule has 0 aliphatic rings. The van der Waals surface area contributed by atoms with Crippen LogP contribution < -0.4 is 0 Å². The number of hydrogen-bond donors (Lipinski definition) is 0. The molecule has 0 aliphatic heterocycles. The van der Waals surface area contributed by atoms with Crippen molar-refractivity contribution in [1.82, 2.24) is 0 Å². The Kier molecular flexibility index (Phi) is 7.19. The van der Waals surface area contributed by atoms with Crippen LogP contribution in [0.1, 0.15) is 78.4 Å². The molecule has 0 fully saturated rings. The predicted octanol–water partition coefficient (Wildman–Crippen LogP) is 11.5. The lowest BCUT2D eigenvalue weighted by Crippen LogP contribution is -2.19. The van der Waals surface area contributed by atoms with Gasteiger partial charge >= 0.3 is 0 Å². The molecule has 0 bridgehead atoms. The maximum Gasteiger partial charge on any atom is -0.00263 e. The Morgan fingerprint density at radius 1 is 0.421 bits per heavy atom. The molecular formula is C38H42. The fourth-order valence-electron chi connectivity index (χ4n) is 6.13. The summed E-state index contributed by atoms with van der Waals surface area (Å²) in [4.78, 5) is 0. The van der Waals surface area contributed by atoms with Crippen LogP contribution in [0.5, 0.6) is 0 Å². The van der Waals surface area contributed by atoms with E-state index in [0.717, 1.165) is 25.7 Å². The van der Waals surface area contributed by atoms with E-state index in [9.17, 15) is 0 Å². The van der Waals surface area contributed by atoms with Gasteiger partial charge < -0.3 is 0 Å². The Balaban J connectivity index is 1.99. The SMILES string of the molecule is CCC(C)(CC)c1ccc2c(-c3ccccc3)c3cc(C(C)(CC)CC)ccc3c(-c3ccccc3)c2c1. The van der Waals surface area contributed by atoms with Gasteiger partial charge in [-0.05, 0) is 104 Å². The minimum atomic E-state index is 0.165. The van der Waals surface area contributed by atoms with E-state index in [-0.39, 0.29) is 10.8 Å². The monoisotopic (exact) mass is 498 g/mol. The maximum absolute atomic E-state index is 2.51. The highest BCUT2D eigenvalue weighted by Crippen LogP contribution is 2.46. The second kappa shape index (κ2) is 10.4. The summed E-state index contributed by atoms with van der Waals surface area (Å²) in [5.41, 5.74) is 8.49. The van der Waals surface area contributed by atoms with Crippen LogP contribution in [-0.2, 0) is 10.8 Å². The molecule has 5 rings (SSSR count). The van der Waals surface area contributed by atoms with E-state index in [2.05, 4.69) is 139 Å². The van der Waals surface area contributed by atoms with Crippen LogP contribution in [-0.4, -0.2) is 0 Å². The van der Waals surface area contributed by atoms with Crippen LogP contribution in [0, 0.1) is 0 Å². The normalized spacial score (nSPS) is 12.4. The molecule has 0 saturated carbocycles. The van der Waals surface area contributed by atoms with Crippen molar-refractivity contribution in [2.24, 2.45) is 0 Å². The van der Waals surface area contributed by atoms with Gasteiger partial charge in [0.1, 0.15) is 0 Å². The van der Waals surface area contributed by atoms with Crippen LogP contribution in [0.25, 0.3) is 43.8 Å². The second-order valence-electron chi connectivity index (χ2n) is 11.5. The molecule has 0 unspecified atom stereocenters. The van der Waals surface area contributed by atoms with Crippen LogP contribution in [0.4, 0.5) is 0 Å². The fraction of sp³-hybridized carbons (Fsp3) is 0.316. The van der Waals surface area contributed by atoms with Crippen molar-refractivity contribution >= 4 is 21.5 Å². The molecule has 5 aromatic carbocycles. The van der Waals surface area contributed by atoms with Crippen molar-refractivity contribution in [3.63, 3.8) is 0 Å². The quantitative estimate of drug-likeness (QED) is 0.187. The van der Waals surface area contributed by atoms with Gasteiger partial charge in [0.15, 0.2) is 0 Å². The van der Waals surface area contributed by atoms with Gasteiger partial charge in [-0.25, -0.2) is 0 Å². The zero-order valence-electron chi connectivity index (χ0n) is 24.1. The Labute approximate surface area is 229 Å². The van der Waals surface area contributed by atoms with Gasteiger partial charge in [-0.2, -0.15) is 0 Å². The molecule has 0 atom stereocenters. The zero-order chi connectivity index (χ0) is 26.9. The summed E-state index contributed by atoms with van der Waals surface area (Å²) in [6, 6.07) is 36.7. The Morgan fingerprint density at radius 2 is 0.763 bits per heavy atom. The van der Waals surface area contributed by atoms with E-state index in [4.69, 9.17) is 0 Å². The van der Waals surface area contributed by atoms with Crippen molar-refractivity contribution in [3.05, 3.63) is 108 Å². The van der Waals surface area contributed by atoms with Gasteiger partial charge in [0, 0.05) is 0 Å². The molecule has 0 amide bonds. The molecular weight excluding hydrogens is 456 g/mol. The lowest BCUT2D eigenvalue weighted by atomic mass is 9.74. The highest BCUT2D eigenvalue weighted by Gasteiger charge is 2.26. The molecule has 194 valence electrons. The molecule has 0 saturated heterocycles. The number of fused-ring (bicyclic) bond motifs is 2. The van der Waals surface area contributed by atoms with Crippen LogP contribution in [0.2, 0.25) is 0 Å². The summed E-state index contributed by atoms with van der Waals surface area (Å²) in [5.74, 6) is 0. The molecule has 0 aliphatic carbocycles. The first-order valence-electron chi connectivity index (χ1n) is 14.5. The van der Waals surface area contributed by atoms with Crippen LogP contribution in [0.15, 0.2) is 97.1 Å². The topological polar surface area (TPSA) is 0 Å². The average Bonchev–Trinajstić information content (AvgIpc) is 2.99. The first-order valence-corrected chi connectivity index (χ1v) is 14.5. The van der Waals surface area contributed by atoms with Gasteiger partial charge in [0.2, 0.25) is 0 Å². The van der Waals surface area contributed by atoms with Crippen LogP contribution >= 0.6 is 0 Å². The van der Waals surface area contributed by atoms with E-state index in [1.807, 2.05) is 0 Å². The highest BCUT2D eigenvalue weighted by atomic mass is 14.3. The fourth-order valence-corrected chi connectivity index (χ4v) is 6.13. The van der Waals surface area contributed by atoms with Crippen molar-refractivity contribution in [2.45, 2.75) is 78.1 Å². The van der Waals surface area contributed by atoms with Gasteiger partial charge in [0.05, 0.1) is 0 Å². The van der Waals surface area contributed by atoms with E-state index in [0.29, 0.717) is 0 Å². The van der Waals surface area contributed by atoms with Gasteiger partial charge in [-0.1, -0.05) is 126 Å². The zero-order valence-corrected chi connectivity index (χ0v) is 24.1. The summed E-state index contributed by atoms with van der Waals surface area (Å²) in [6.45, 7) is 14.1. The Hall–Kier alpha value is -3.38. The standard InChI is InChI=1S/C38H42/c1-7-37(5,8-2)29-21-23-31-33(25-29)35(27-17-13-11-14-18-27)32-24-22-30(38(6,9-3)10-4)26-34(32)36(31)28-19-15-12-16-20-28/h11-26H,7-10H2,1-6H3. The minimum Gasteiger partial charge on any atom is -0.0645 e. The third kappa shape index (κ3) is 4.35. The minimum absolute atomic E-state index is 0.165. The lowest BCUT2D eigenvalue weighted by Gasteiger charge is -2.30. The van der Waals surface area contributed by atoms with Gasteiger partial charge in [0.25, 0.3) is 0 Å². The summed E-state index contributed by atoms with van der Waals surface area (Å²) in [5, 5.41) is 5.39. The lowest BCUT2D eigenvalue weighted by molar-refractivity contribution is 0.439. The summed E-state index contributed by atoms with van der Waals surface area (Å²) >= 11 is 0. The molecule has 0 heteroatoms. The number of benzene rings is 5. The van der Waals surface area contributed by atoms with E-state index < -0.39 is 0 Å². The smallest absolute Gasteiger partial charge is 0.00263 e. The molecule has 0 radical (unpaired) electrons. The third-order valence-electron chi connectivity index (χ3n) is 9.76. The molecule has 0 spiro atoms. The van der Waals surface area contributed by atoms with Crippen molar-refractivity contribution in [2.75, 3.05) is 0 Å². The third-order valence-corrected chi connectivity index (χ3v) is 9.76. The maximum atomic E-state index is 2.51. The summed E-state index contributed by atoms with van der Waals surface area (Å²) in [6.07, 6.45) is 4.52. The molecule has 38 heavy (non-hydrogen) atoms. The van der Waals surface area contributed by atoms with E-state index in [1.54, 1.807) is 0 Å². The Bertz CT molecular complexity index is 1430.